The van der Waals surface area contributed by atoms with Crippen molar-refractivity contribution in [2.24, 2.45) is 5.10 Å². The molecule has 3 rings (SSSR count). The average molecular weight is 396 g/mol. The fraction of sp³-hybridized carbons (Fsp3) is 0.0556. The summed E-state index contributed by atoms with van der Waals surface area (Å²) in [7, 11) is 0. The third-order valence-corrected chi connectivity index (χ3v) is 3.93. The molecular formula is C18H9F5N2O3. The van der Waals surface area contributed by atoms with Gasteiger partial charge in [0, 0.05) is 0 Å². The van der Waals surface area contributed by atoms with Gasteiger partial charge in [-0.1, -0.05) is 12.1 Å². The second kappa shape index (κ2) is 6.87. The summed E-state index contributed by atoms with van der Waals surface area (Å²) in [5, 5.41) is 12.6. The van der Waals surface area contributed by atoms with E-state index in [1.54, 1.807) is 0 Å². The Bertz CT molecular complexity index is 1050. The van der Waals surface area contributed by atoms with Crippen molar-refractivity contribution in [3.63, 3.8) is 0 Å². The van der Waals surface area contributed by atoms with Gasteiger partial charge in [-0.3, -0.25) is 4.79 Å². The van der Waals surface area contributed by atoms with E-state index in [0.29, 0.717) is 5.56 Å². The molecule has 0 bridgehead atoms. The maximum Gasteiger partial charge on any atom is 0.335 e. The lowest BCUT2D eigenvalue weighted by Crippen LogP contribution is -2.25. The molecule has 0 unspecified atom stereocenters. The molecule has 1 heterocycles. The molecule has 0 saturated carbocycles. The van der Waals surface area contributed by atoms with Crippen molar-refractivity contribution in [2.45, 2.75) is 6.92 Å². The molecule has 2 aromatic carbocycles. The number of aromatic carboxylic acids is 1. The standard InChI is InChI=1S/C18H9F5N2O3/c1-7-10(6-8-2-4-9(5-3-8)18(27)28)17(26)25(24-7)16-14(22)12(20)11(19)13(21)15(16)23/h2-6H,1H3,(H,27,28)/b10-6+. The summed E-state index contributed by atoms with van der Waals surface area (Å²) in [5.41, 5.74) is -1.32. The van der Waals surface area contributed by atoms with Gasteiger partial charge in [0.25, 0.3) is 5.91 Å². The van der Waals surface area contributed by atoms with Crippen LogP contribution in [0, 0.1) is 29.1 Å². The third-order valence-electron chi connectivity index (χ3n) is 3.93. The number of rotatable bonds is 3. The zero-order valence-corrected chi connectivity index (χ0v) is 13.9. The number of hydrazone groups is 1. The van der Waals surface area contributed by atoms with Crippen LogP contribution in [0.4, 0.5) is 27.6 Å². The molecule has 0 spiro atoms. The minimum absolute atomic E-state index is 0.00619. The lowest BCUT2D eigenvalue weighted by molar-refractivity contribution is -0.114. The first-order valence-corrected chi connectivity index (χ1v) is 7.60. The molecular weight excluding hydrogens is 387 g/mol. The van der Waals surface area contributed by atoms with Crippen molar-refractivity contribution >= 4 is 29.4 Å². The SMILES string of the molecule is CC1=NN(c2c(F)c(F)c(F)c(F)c2F)C(=O)/C1=C/c1ccc(C(=O)O)cc1. The molecule has 5 nitrogen and oxygen atoms in total. The van der Waals surface area contributed by atoms with Crippen molar-refractivity contribution in [3.05, 3.63) is 70.1 Å². The number of halogens is 5. The van der Waals surface area contributed by atoms with Crippen LogP contribution >= 0.6 is 0 Å². The zero-order chi connectivity index (χ0) is 20.7. The zero-order valence-electron chi connectivity index (χ0n) is 13.9. The Morgan fingerprint density at radius 3 is 1.96 bits per heavy atom. The van der Waals surface area contributed by atoms with Crippen LogP contribution in [-0.2, 0) is 4.79 Å². The van der Waals surface area contributed by atoms with Gasteiger partial charge in [0.1, 0.15) is 5.69 Å². The summed E-state index contributed by atoms with van der Waals surface area (Å²) in [5.74, 6) is -13.4. The summed E-state index contributed by atoms with van der Waals surface area (Å²) < 4.78 is 68.0. The molecule has 1 aliphatic heterocycles. The van der Waals surface area contributed by atoms with Gasteiger partial charge in [-0.15, -0.1) is 0 Å². The van der Waals surface area contributed by atoms with Crippen molar-refractivity contribution in [1.29, 1.82) is 0 Å². The van der Waals surface area contributed by atoms with Crippen LogP contribution in [0.25, 0.3) is 6.08 Å². The number of carboxylic acids is 1. The molecule has 0 saturated heterocycles. The molecule has 0 radical (unpaired) electrons. The molecule has 0 aromatic heterocycles. The maximum atomic E-state index is 14.0. The van der Waals surface area contributed by atoms with E-state index in [0.717, 1.165) is 0 Å². The second-order valence-electron chi connectivity index (χ2n) is 5.71. The van der Waals surface area contributed by atoms with Crippen molar-refractivity contribution < 1.29 is 36.6 Å². The number of carbonyl (C=O) groups is 2. The Morgan fingerprint density at radius 1 is 0.964 bits per heavy atom. The van der Waals surface area contributed by atoms with Crippen molar-refractivity contribution in [3.8, 4) is 0 Å². The lowest BCUT2D eigenvalue weighted by Gasteiger charge is -2.15. The third kappa shape index (κ3) is 3.02. The first-order chi connectivity index (χ1) is 13.1. The molecule has 0 aliphatic carbocycles. The normalized spacial score (nSPS) is 15.4. The number of hydrogen-bond donors (Lipinski definition) is 1. The van der Waals surface area contributed by atoms with Gasteiger partial charge >= 0.3 is 5.97 Å². The first kappa shape index (κ1) is 19.2. The van der Waals surface area contributed by atoms with Crippen LogP contribution < -0.4 is 5.01 Å². The van der Waals surface area contributed by atoms with Crippen LogP contribution in [0.5, 0.6) is 0 Å². The predicted octanol–water partition coefficient (Wildman–Crippen LogP) is 3.89. The highest BCUT2D eigenvalue weighted by atomic mass is 19.2. The van der Waals surface area contributed by atoms with E-state index in [2.05, 4.69) is 5.10 Å². The number of nitrogens with zero attached hydrogens (tertiary/aromatic N) is 2. The minimum atomic E-state index is -2.35. The molecule has 0 fully saturated rings. The number of carboxylic acid groups (broad SMARTS) is 1. The average Bonchev–Trinajstić information content (AvgIpc) is 2.93. The fourth-order valence-corrected chi connectivity index (χ4v) is 2.50. The molecule has 28 heavy (non-hydrogen) atoms. The number of carbonyl (C=O) groups excluding carboxylic acids is 1. The number of hydrogen-bond acceptors (Lipinski definition) is 3. The van der Waals surface area contributed by atoms with Crippen molar-refractivity contribution in [1.82, 2.24) is 0 Å². The monoisotopic (exact) mass is 396 g/mol. The number of anilines is 1. The topological polar surface area (TPSA) is 70.0 Å². The summed E-state index contributed by atoms with van der Waals surface area (Å²) in [6.07, 6.45) is 1.25. The molecule has 1 amide bonds. The lowest BCUT2D eigenvalue weighted by atomic mass is 10.1. The highest BCUT2D eigenvalue weighted by molar-refractivity contribution is 6.32. The fourth-order valence-electron chi connectivity index (χ4n) is 2.50. The Hall–Kier alpha value is -3.56. The Balaban J connectivity index is 2.04. The highest BCUT2D eigenvalue weighted by Gasteiger charge is 2.36. The molecule has 2 aromatic rings. The quantitative estimate of drug-likeness (QED) is 0.371. The van der Waals surface area contributed by atoms with E-state index < -0.39 is 46.6 Å². The molecule has 144 valence electrons. The van der Waals surface area contributed by atoms with Crippen LogP contribution in [0.1, 0.15) is 22.8 Å². The van der Waals surface area contributed by atoms with Gasteiger partial charge in [0.05, 0.1) is 16.8 Å². The van der Waals surface area contributed by atoms with Crippen LogP contribution in [0.2, 0.25) is 0 Å². The molecule has 10 heteroatoms. The van der Waals surface area contributed by atoms with Gasteiger partial charge in [0.15, 0.2) is 23.3 Å². The number of amides is 1. The molecule has 1 aliphatic rings. The summed E-state index contributed by atoms with van der Waals surface area (Å²) in [6.45, 7) is 1.31. The maximum absolute atomic E-state index is 14.0. The Morgan fingerprint density at radius 2 is 1.46 bits per heavy atom. The van der Waals surface area contributed by atoms with E-state index in [4.69, 9.17) is 5.11 Å². The second-order valence-corrected chi connectivity index (χ2v) is 5.71. The van der Waals surface area contributed by atoms with Crippen molar-refractivity contribution in [2.75, 3.05) is 5.01 Å². The van der Waals surface area contributed by atoms with E-state index in [9.17, 15) is 31.5 Å². The Labute approximate surface area is 154 Å². The van der Waals surface area contributed by atoms with Crippen LogP contribution in [0.15, 0.2) is 34.9 Å². The van der Waals surface area contributed by atoms with Gasteiger partial charge in [0.2, 0.25) is 5.82 Å². The highest BCUT2D eigenvalue weighted by Crippen LogP contribution is 2.33. The van der Waals surface area contributed by atoms with Crippen LogP contribution in [0.3, 0.4) is 0 Å². The van der Waals surface area contributed by atoms with E-state index in [-0.39, 0.29) is 21.9 Å². The van der Waals surface area contributed by atoms with Gasteiger partial charge in [-0.25, -0.2) is 26.7 Å². The molecule has 0 atom stereocenters. The summed E-state index contributed by atoms with van der Waals surface area (Å²) >= 11 is 0. The predicted molar refractivity (Wildman–Crippen MR) is 88.2 cm³/mol. The van der Waals surface area contributed by atoms with E-state index >= 15 is 0 Å². The van der Waals surface area contributed by atoms with Gasteiger partial charge < -0.3 is 5.11 Å². The number of benzene rings is 2. The molecule has 1 N–H and O–H groups in total. The van der Waals surface area contributed by atoms with E-state index in [1.165, 1.54) is 37.3 Å². The first-order valence-electron chi connectivity index (χ1n) is 7.60. The largest absolute Gasteiger partial charge is 0.478 e. The van der Waals surface area contributed by atoms with Crippen LogP contribution in [-0.4, -0.2) is 22.7 Å². The van der Waals surface area contributed by atoms with Gasteiger partial charge in [-0.05, 0) is 30.7 Å². The Kier molecular flexibility index (Phi) is 4.72. The van der Waals surface area contributed by atoms with Gasteiger partial charge in [-0.2, -0.15) is 10.1 Å². The van der Waals surface area contributed by atoms with E-state index in [1.807, 2.05) is 0 Å². The minimum Gasteiger partial charge on any atom is -0.478 e. The smallest absolute Gasteiger partial charge is 0.335 e. The summed E-state index contributed by atoms with van der Waals surface area (Å²) in [6, 6.07) is 5.28. The summed E-state index contributed by atoms with van der Waals surface area (Å²) in [4.78, 5) is 23.3.